The average Bonchev–Trinajstić information content (AvgIpc) is 2.47. The van der Waals surface area contributed by atoms with Crippen molar-refractivity contribution in [3.63, 3.8) is 0 Å². The highest BCUT2D eigenvalue weighted by atomic mass is 16.5. The summed E-state index contributed by atoms with van der Waals surface area (Å²) >= 11 is 0. The van der Waals surface area contributed by atoms with E-state index >= 15 is 0 Å². The molecule has 0 amide bonds. The van der Waals surface area contributed by atoms with Crippen LogP contribution in [0, 0.1) is 6.92 Å². The Morgan fingerprint density at radius 1 is 1.10 bits per heavy atom. The molecule has 0 aliphatic heterocycles. The summed E-state index contributed by atoms with van der Waals surface area (Å²) in [6.07, 6.45) is 0. The Bertz CT molecular complexity index is 611. The van der Waals surface area contributed by atoms with Gasteiger partial charge in [-0.15, -0.1) is 0 Å². The molecule has 0 saturated heterocycles. The van der Waals surface area contributed by atoms with Crippen LogP contribution in [0.5, 0.6) is 17.2 Å². The summed E-state index contributed by atoms with van der Waals surface area (Å²) in [5, 5.41) is 12.8. The molecule has 0 heterocycles. The molecular formula is C17H21NO3. The molecule has 21 heavy (non-hydrogen) atoms. The van der Waals surface area contributed by atoms with Gasteiger partial charge in [0.25, 0.3) is 0 Å². The molecule has 112 valence electrons. The Kier molecular flexibility index (Phi) is 4.93. The molecule has 0 atom stereocenters. The van der Waals surface area contributed by atoms with Crippen LogP contribution in [-0.2, 0) is 6.54 Å². The van der Waals surface area contributed by atoms with E-state index in [1.807, 2.05) is 38.1 Å². The van der Waals surface area contributed by atoms with Gasteiger partial charge in [-0.05, 0) is 55.3 Å². The molecule has 4 nitrogen and oxygen atoms in total. The maximum Gasteiger partial charge on any atom is 0.161 e. The van der Waals surface area contributed by atoms with Crippen molar-refractivity contribution in [3.8, 4) is 17.2 Å². The zero-order valence-corrected chi connectivity index (χ0v) is 12.6. The van der Waals surface area contributed by atoms with Gasteiger partial charge in [0.2, 0.25) is 0 Å². The third-order valence-corrected chi connectivity index (χ3v) is 3.22. The second-order valence-corrected chi connectivity index (χ2v) is 4.77. The summed E-state index contributed by atoms with van der Waals surface area (Å²) in [6, 6.07) is 11.2. The lowest BCUT2D eigenvalue weighted by Gasteiger charge is -2.13. The quantitative estimate of drug-likeness (QED) is 0.795. The van der Waals surface area contributed by atoms with Crippen LogP contribution in [-0.4, -0.2) is 18.8 Å². The molecule has 2 N–H and O–H groups in total. The fourth-order valence-corrected chi connectivity index (χ4v) is 2.14. The van der Waals surface area contributed by atoms with Gasteiger partial charge in [0.05, 0.1) is 13.7 Å². The van der Waals surface area contributed by atoms with Crippen LogP contribution < -0.4 is 14.8 Å². The molecule has 0 bridgehead atoms. The Balaban J connectivity index is 2.09. The summed E-state index contributed by atoms with van der Waals surface area (Å²) in [6.45, 7) is 5.19. The highest BCUT2D eigenvalue weighted by molar-refractivity contribution is 5.54. The molecule has 0 saturated carbocycles. The van der Waals surface area contributed by atoms with Gasteiger partial charge < -0.3 is 19.9 Å². The molecule has 2 rings (SSSR count). The number of aryl methyl sites for hydroxylation is 1. The minimum absolute atomic E-state index is 0.279. The van der Waals surface area contributed by atoms with Gasteiger partial charge in [0, 0.05) is 12.2 Å². The van der Waals surface area contributed by atoms with Crippen molar-refractivity contribution in [1.82, 2.24) is 0 Å². The number of hydrogen-bond donors (Lipinski definition) is 2. The van der Waals surface area contributed by atoms with Gasteiger partial charge in [-0.25, -0.2) is 0 Å². The topological polar surface area (TPSA) is 50.7 Å². The number of rotatable bonds is 6. The largest absolute Gasteiger partial charge is 0.508 e. The van der Waals surface area contributed by atoms with Crippen molar-refractivity contribution < 1.29 is 14.6 Å². The van der Waals surface area contributed by atoms with E-state index in [0.717, 1.165) is 28.3 Å². The minimum atomic E-state index is 0.279. The monoisotopic (exact) mass is 287 g/mol. The van der Waals surface area contributed by atoms with Crippen molar-refractivity contribution in [1.29, 1.82) is 0 Å². The maximum atomic E-state index is 9.41. The lowest BCUT2D eigenvalue weighted by atomic mass is 10.1. The van der Waals surface area contributed by atoms with E-state index in [1.165, 1.54) is 0 Å². The Labute approximate surface area is 125 Å². The molecule has 0 radical (unpaired) electrons. The Hall–Kier alpha value is -2.36. The van der Waals surface area contributed by atoms with Gasteiger partial charge in [-0.2, -0.15) is 0 Å². The average molecular weight is 287 g/mol. The first-order valence-electron chi connectivity index (χ1n) is 6.97. The number of aromatic hydroxyl groups is 1. The molecular weight excluding hydrogens is 266 g/mol. The van der Waals surface area contributed by atoms with Crippen LogP contribution in [0.3, 0.4) is 0 Å². The van der Waals surface area contributed by atoms with E-state index < -0.39 is 0 Å². The van der Waals surface area contributed by atoms with Crippen LogP contribution in [0.25, 0.3) is 0 Å². The molecule has 0 fully saturated rings. The summed E-state index contributed by atoms with van der Waals surface area (Å²) < 4.78 is 10.8. The van der Waals surface area contributed by atoms with Gasteiger partial charge in [-0.1, -0.05) is 6.07 Å². The predicted molar refractivity (Wildman–Crippen MR) is 84.3 cm³/mol. The smallest absolute Gasteiger partial charge is 0.161 e. The molecule has 0 unspecified atom stereocenters. The first-order valence-corrected chi connectivity index (χ1v) is 6.97. The number of nitrogens with one attached hydrogen (secondary N) is 1. The maximum absolute atomic E-state index is 9.41. The fraction of sp³-hybridized carbons (Fsp3) is 0.294. The number of benzene rings is 2. The van der Waals surface area contributed by atoms with Crippen molar-refractivity contribution in [2.45, 2.75) is 20.4 Å². The van der Waals surface area contributed by atoms with Crippen molar-refractivity contribution >= 4 is 5.69 Å². The SMILES string of the molecule is CCOc1ccc(CNc2ccc(O)cc2C)cc1OC. The minimum Gasteiger partial charge on any atom is -0.508 e. The van der Waals surface area contributed by atoms with Crippen molar-refractivity contribution in [3.05, 3.63) is 47.5 Å². The zero-order chi connectivity index (χ0) is 15.2. The molecule has 2 aromatic rings. The van der Waals surface area contributed by atoms with Gasteiger partial charge >= 0.3 is 0 Å². The van der Waals surface area contributed by atoms with Crippen LogP contribution >= 0.6 is 0 Å². The molecule has 0 aliphatic carbocycles. The predicted octanol–water partition coefficient (Wildman–Crippen LogP) is 3.72. The number of phenols is 1. The highest BCUT2D eigenvalue weighted by Gasteiger charge is 2.06. The number of phenolic OH excluding ortho intramolecular Hbond substituents is 1. The van der Waals surface area contributed by atoms with Crippen LogP contribution in [0.2, 0.25) is 0 Å². The van der Waals surface area contributed by atoms with E-state index in [4.69, 9.17) is 9.47 Å². The lowest BCUT2D eigenvalue weighted by Crippen LogP contribution is -2.02. The van der Waals surface area contributed by atoms with E-state index in [2.05, 4.69) is 5.32 Å². The van der Waals surface area contributed by atoms with Crippen molar-refractivity contribution in [2.24, 2.45) is 0 Å². The van der Waals surface area contributed by atoms with Crippen LogP contribution in [0.4, 0.5) is 5.69 Å². The standard InChI is InChI=1S/C17H21NO3/c1-4-21-16-8-5-13(10-17(16)20-3)11-18-15-7-6-14(19)9-12(15)2/h5-10,18-19H,4,11H2,1-3H3. The van der Waals surface area contributed by atoms with Gasteiger partial charge in [0.15, 0.2) is 11.5 Å². The van der Waals surface area contributed by atoms with E-state index in [1.54, 1.807) is 19.2 Å². The summed E-state index contributed by atoms with van der Waals surface area (Å²) in [7, 11) is 1.64. The first-order chi connectivity index (χ1) is 10.1. The molecule has 0 spiro atoms. The number of ether oxygens (including phenoxy) is 2. The van der Waals surface area contributed by atoms with Crippen LogP contribution in [0.15, 0.2) is 36.4 Å². The summed E-state index contributed by atoms with van der Waals surface area (Å²) in [5.74, 6) is 1.77. The van der Waals surface area contributed by atoms with E-state index in [9.17, 15) is 5.11 Å². The summed E-state index contributed by atoms with van der Waals surface area (Å²) in [4.78, 5) is 0. The zero-order valence-electron chi connectivity index (χ0n) is 12.6. The lowest BCUT2D eigenvalue weighted by molar-refractivity contribution is 0.310. The first kappa shape index (κ1) is 15.0. The normalized spacial score (nSPS) is 10.2. The van der Waals surface area contributed by atoms with Gasteiger partial charge in [0.1, 0.15) is 5.75 Å². The highest BCUT2D eigenvalue weighted by Crippen LogP contribution is 2.28. The molecule has 2 aromatic carbocycles. The van der Waals surface area contributed by atoms with Crippen molar-refractivity contribution in [2.75, 3.05) is 19.0 Å². The molecule has 4 heteroatoms. The number of methoxy groups -OCH3 is 1. The summed E-state index contributed by atoms with van der Waals surface area (Å²) in [5.41, 5.74) is 3.11. The third kappa shape index (κ3) is 3.81. The molecule has 0 aromatic heterocycles. The third-order valence-electron chi connectivity index (χ3n) is 3.22. The Morgan fingerprint density at radius 3 is 2.57 bits per heavy atom. The van der Waals surface area contributed by atoms with E-state index in [0.29, 0.717) is 13.2 Å². The second kappa shape index (κ2) is 6.88. The fourth-order valence-electron chi connectivity index (χ4n) is 2.14. The van der Waals surface area contributed by atoms with E-state index in [-0.39, 0.29) is 5.75 Å². The molecule has 0 aliphatic rings. The second-order valence-electron chi connectivity index (χ2n) is 4.77. The van der Waals surface area contributed by atoms with Gasteiger partial charge in [-0.3, -0.25) is 0 Å². The number of anilines is 1. The number of hydrogen-bond acceptors (Lipinski definition) is 4. The Morgan fingerprint density at radius 2 is 1.90 bits per heavy atom. The van der Waals surface area contributed by atoms with Crippen LogP contribution in [0.1, 0.15) is 18.1 Å².